The van der Waals surface area contributed by atoms with Gasteiger partial charge >= 0.3 is 5.97 Å². The summed E-state index contributed by atoms with van der Waals surface area (Å²) in [5, 5.41) is 0. The maximum absolute atomic E-state index is 11.4. The molecule has 0 aromatic carbocycles. The van der Waals surface area contributed by atoms with Crippen LogP contribution >= 0.6 is 0 Å². The summed E-state index contributed by atoms with van der Waals surface area (Å²) in [5.41, 5.74) is 0. The van der Waals surface area contributed by atoms with Gasteiger partial charge in [0.1, 0.15) is 12.4 Å². The topological polar surface area (TPSA) is 42.7 Å². The Morgan fingerprint density at radius 1 is 1.37 bits per heavy atom. The second kappa shape index (κ2) is 7.87. The van der Waals surface area contributed by atoms with Gasteiger partial charge in [0, 0.05) is 12.6 Å². The quantitative estimate of drug-likeness (QED) is 0.677. The first kappa shape index (κ1) is 15.6. The van der Waals surface area contributed by atoms with Gasteiger partial charge in [0.05, 0.1) is 12.5 Å². The van der Waals surface area contributed by atoms with Crippen LogP contribution in [-0.2, 0) is 9.53 Å². The lowest BCUT2D eigenvalue weighted by molar-refractivity contribution is -0.147. The fourth-order valence-electron chi connectivity index (χ4n) is 1.70. The summed E-state index contributed by atoms with van der Waals surface area (Å²) in [6.45, 7) is 9.76. The second-order valence-electron chi connectivity index (χ2n) is 5.05. The molecule has 0 fully saturated rings. The maximum Gasteiger partial charge on any atom is 0.308 e. The molecule has 0 spiro atoms. The van der Waals surface area contributed by atoms with Crippen LogP contribution < -0.4 is 4.90 Å². The Kier molecular flexibility index (Phi) is 6.46. The van der Waals surface area contributed by atoms with Gasteiger partial charge < -0.3 is 14.1 Å². The van der Waals surface area contributed by atoms with Gasteiger partial charge in [0.2, 0.25) is 0 Å². The zero-order valence-corrected chi connectivity index (χ0v) is 12.4. The first-order chi connectivity index (χ1) is 9.04. The largest absolute Gasteiger partial charge is 0.464 e. The van der Waals surface area contributed by atoms with E-state index >= 15 is 0 Å². The minimum absolute atomic E-state index is 0.0741. The van der Waals surface area contributed by atoms with E-state index in [4.69, 9.17) is 9.15 Å². The lowest BCUT2D eigenvalue weighted by Gasteiger charge is -2.21. The fourth-order valence-corrected chi connectivity index (χ4v) is 1.70. The van der Waals surface area contributed by atoms with Crippen molar-refractivity contribution in [1.82, 2.24) is 0 Å². The maximum atomic E-state index is 11.4. The van der Waals surface area contributed by atoms with Crippen molar-refractivity contribution in [2.24, 2.45) is 5.92 Å². The molecule has 0 aliphatic heterocycles. The van der Waals surface area contributed by atoms with Crippen LogP contribution in [0.4, 0.5) is 5.88 Å². The third kappa shape index (κ3) is 5.37. The number of anilines is 1. The normalized spacial score (nSPS) is 10.8. The molecule has 1 aromatic rings. The summed E-state index contributed by atoms with van der Waals surface area (Å²) in [4.78, 5) is 13.5. The van der Waals surface area contributed by atoms with Gasteiger partial charge in [0.25, 0.3) is 0 Å². The van der Waals surface area contributed by atoms with Gasteiger partial charge in [-0.3, -0.25) is 4.79 Å². The van der Waals surface area contributed by atoms with Crippen molar-refractivity contribution in [2.75, 3.05) is 24.6 Å². The highest BCUT2D eigenvalue weighted by Gasteiger charge is 2.12. The molecule has 1 aromatic heterocycles. The van der Waals surface area contributed by atoms with E-state index in [0.29, 0.717) is 13.2 Å². The number of carbonyl (C=O) groups is 1. The zero-order valence-electron chi connectivity index (χ0n) is 12.4. The average Bonchev–Trinajstić information content (AvgIpc) is 2.79. The number of nitrogens with zero attached hydrogens (tertiary/aromatic N) is 1. The van der Waals surface area contributed by atoms with Gasteiger partial charge in [-0.1, -0.05) is 27.2 Å². The number of unbranched alkanes of at least 4 members (excludes halogenated alkanes) is 1. The molecule has 19 heavy (non-hydrogen) atoms. The highest BCUT2D eigenvalue weighted by Crippen LogP contribution is 2.18. The van der Waals surface area contributed by atoms with Crippen LogP contribution in [-0.4, -0.2) is 25.7 Å². The first-order valence-electron chi connectivity index (χ1n) is 7.02. The Labute approximate surface area is 115 Å². The number of esters is 1. The summed E-state index contributed by atoms with van der Waals surface area (Å²) >= 11 is 0. The zero-order chi connectivity index (χ0) is 14.3. The number of furan rings is 1. The molecule has 4 nitrogen and oxygen atoms in total. The lowest BCUT2D eigenvalue weighted by atomic mass is 10.2. The Balaban J connectivity index is 2.48. The predicted molar refractivity (Wildman–Crippen MR) is 76.4 cm³/mol. The summed E-state index contributed by atoms with van der Waals surface area (Å²) in [7, 11) is 0. The fraction of sp³-hybridized carbons (Fsp3) is 0.667. The third-order valence-electron chi connectivity index (χ3n) is 2.90. The number of carbonyl (C=O) groups excluding carboxylic acids is 1. The van der Waals surface area contributed by atoms with Gasteiger partial charge in [-0.15, -0.1) is 0 Å². The minimum Gasteiger partial charge on any atom is -0.464 e. The molecule has 0 aliphatic rings. The van der Waals surface area contributed by atoms with Crippen LogP contribution in [0.25, 0.3) is 0 Å². The molecule has 4 heteroatoms. The van der Waals surface area contributed by atoms with Crippen LogP contribution in [0.1, 0.15) is 39.4 Å². The van der Waals surface area contributed by atoms with E-state index in [0.717, 1.165) is 31.0 Å². The van der Waals surface area contributed by atoms with Crippen molar-refractivity contribution < 1.29 is 13.9 Å². The SMILES string of the molecule is CCCCN(CCOC(=O)C(C)C)c1ccc(C)o1. The molecule has 0 bridgehead atoms. The molecule has 0 unspecified atom stereocenters. The van der Waals surface area contributed by atoms with E-state index in [-0.39, 0.29) is 11.9 Å². The summed E-state index contributed by atoms with van der Waals surface area (Å²) < 4.78 is 10.9. The van der Waals surface area contributed by atoms with Crippen LogP contribution in [0.2, 0.25) is 0 Å². The minimum atomic E-state index is -0.147. The molecule has 0 saturated heterocycles. The lowest BCUT2D eigenvalue weighted by Crippen LogP contribution is -2.29. The highest BCUT2D eigenvalue weighted by molar-refractivity contribution is 5.71. The van der Waals surface area contributed by atoms with E-state index in [9.17, 15) is 4.79 Å². The monoisotopic (exact) mass is 267 g/mol. The summed E-state index contributed by atoms with van der Waals surface area (Å²) in [6, 6.07) is 3.92. The average molecular weight is 267 g/mol. The molecule has 0 amide bonds. The Morgan fingerprint density at radius 3 is 2.63 bits per heavy atom. The summed E-state index contributed by atoms with van der Waals surface area (Å²) in [5.74, 6) is 1.53. The Morgan fingerprint density at radius 2 is 2.11 bits per heavy atom. The van der Waals surface area contributed by atoms with Crippen molar-refractivity contribution in [3.8, 4) is 0 Å². The molecule has 1 rings (SSSR count). The standard InChI is InChI=1S/C15H25NO3/c1-5-6-9-16(14-8-7-13(4)19-14)10-11-18-15(17)12(2)3/h7-8,12H,5-6,9-11H2,1-4H3. The predicted octanol–water partition coefficient (Wildman–Crippen LogP) is 3.39. The molecule has 1 heterocycles. The van der Waals surface area contributed by atoms with Gasteiger partial charge in [0.15, 0.2) is 5.88 Å². The van der Waals surface area contributed by atoms with Gasteiger partial charge in [-0.25, -0.2) is 0 Å². The van der Waals surface area contributed by atoms with Crippen LogP contribution in [0.5, 0.6) is 0 Å². The van der Waals surface area contributed by atoms with E-state index in [1.165, 1.54) is 0 Å². The molecule has 0 radical (unpaired) electrons. The van der Waals surface area contributed by atoms with E-state index in [1.54, 1.807) is 0 Å². The smallest absolute Gasteiger partial charge is 0.308 e. The van der Waals surface area contributed by atoms with Gasteiger partial charge in [-0.2, -0.15) is 0 Å². The van der Waals surface area contributed by atoms with Crippen molar-refractivity contribution in [3.63, 3.8) is 0 Å². The number of hydrogen-bond acceptors (Lipinski definition) is 4. The second-order valence-corrected chi connectivity index (χ2v) is 5.05. The molecule has 0 saturated carbocycles. The molecular weight excluding hydrogens is 242 g/mol. The Bertz CT molecular complexity index is 384. The molecule has 0 N–H and O–H groups in total. The molecule has 0 aliphatic carbocycles. The van der Waals surface area contributed by atoms with Crippen LogP contribution in [0.15, 0.2) is 16.5 Å². The number of hydrogen-bond donors (Lipinski definition) is 0. The highest BCUT2D eigenvalue weighted by atomic mass is 16.5. The number of ether oxygens (including phenoxy) is 1. The van der Waals surface area contributed by atoms with Crippen molar-refractivity contribution in [3.05, 3.63) is 17.9 Å². The number of rotatable bonds is 8. The van der Waals surface area contributed by atoms with Crippen molar-refractivity contribution in [1.29, 1.82) is 0 Å². The first-order valence-corrected chi connectivity index (χ1v) is 7.02. The molecular formula is C15H25NO3. The number of aryl methyl sites for hydroxylation is 1. The van der Waals surface area contributed by atoms with Crippen molar-refractivity contribution >= 4 is 11.9 Å². The van der Waals surface area contributed by atoms with E-state index in [2.05, 4.69) is 11.8 Å². The summed E-state index contributed by atoms with van der Waals surface area (Å²) in [6.07, 6.45) is 2.22. The molecule has 0 atom stereocenters. The van der Waals surface area contributed by atoms with E-state index < -0.39 is 0 Å². The van der Waals surface area contributed by atoms with Crippen LogP contribution in [0, 0.1) is 12.8 Å². The third-order valence-corrected chi connectivity index (χ3v) is 2.90. The Hall–Kier alpha value is -1.45. The molecule has 108 valence electrons. The van der Waals surface area contributed by atoms with Gasteiger partial charge in [-0.05, 0) is 19.4 Å². The van der Waals surface area contributed by atoms with Crippen molar-refractivity contribution in [2.45, 2.75) is 40.5 Å². The van der Waals surface area contributed by atoms with Crippen LogP contribution in [0.3, 0.4) is 0 Å². The van der Waals surface area contributed by atoms with E-state index in [1.807, 2.05) is 32.9 Å².